The van der Waals surface area contributed by atoms with Gasteiger partial charge in [-0.3, -0.25) is 4.79 Å². The highest BCUT2D eigenvalue weighted by Gasteiger charge is 2.25. The zero-order chi connectivity index (χ0) is 13.6. The molecule has 0 saturated heterocycles. The topological polar surface area (TPSA) is 68.0 Å². The second-order valence-electron chi connectivity index (χ2n) is 5.23. The van der Waals surface area contributed by atoms with Crippen LogP contribution < -0.4 is 11.1 Å². The van der Waals surface area contributed by atoms with E-state index in [4.69, 9.17) is 5.73 Å². The maximum atomic E-state index is 11.9. The summed E-state index contributed by atoms with van der Waals surface area (Å²) in [7, 11) is 0. The Kier molecular flexibility index (Phi) is 5.75. The Morgan fingerprint density at radius 3 is 2.83 bits per heavy atom. The van der Waals surface area contributed by atoms with Crippen molar-refractivity contribution in [1.29, 1.82) is 0 Å². The minimum absolute atomic E-state index is 0.0825. The number of carbonyl (C=O) groups is 1. The number of thiazole rings is 1. The van der Waals surface area contributed by atoms with Crippen molar-refractivity contribution < 1.29 is 4.79 Å². The van der Waals surface area contributed by atoms with Crippen LogP contribution in [-0.4, -0.2) is 17.4 Å². The Labute approximate surface area is 113 Å². The molecule has 18 heavy (non-hydrogen) atoms. The van der Waals surface area contributed by atoms with E-state index in [1.807, 2.05) is 19.2 Å². The summed E-state index contributed by atoms with van der Waals surface area (Å²) in [6.45, 7) is 6.78. The molecule has 1 atom stereocenters. The summed E-state index contributed by atoms with van der Waals surface area (Å²) in [5, 5.41) is 5.89. The zero-order valence-electron chi connectivity index (χ0n) is 11.4. The normalized spacial score (nSPS) is 13.3. The Balaban J connectivity index is 2.40. The Morgan fingerprint density at radius 1 is 1.56 bits per heavy atom. The summed E-state index contributed by atoms with van der Waals surface area (Å²) in [6, 6.07) is 0. The predicted octanol–water partition coefficient (Wildman–Crippen LogP) is 2.26. The lowest BCUT2D eigenvalue weighted by molar-refractivity contribution is -0.123. The van der Waals surface area contributed by atoms with E-state index in [-0.39, 0.29) is 11.4 Å². The molecule has 0 aliphatic rings. The molecule has 1 unspecified atom stereocenters. The van der Waals surface area contributed by atoms with Crippen LogP contribution in [0.25, 0.3) is 0 Å². The van der Waals surface area contributed by atoms with Crippen molar-refractivity contribution in [3.8, 4) is 0 Å². The van der Waals surface area contributed by atoms with Gasteiger partial charge in [-0.15, -0.1) is 11.3 Å². The number of rotatable bonds is 7. The van der Waals surface area contributed by atoms with E-state index in [0.29, 0.717) is 18.9 Å². The quantitative estimate of drug-likeness (QED) is 0.798. The van der Waals surface area contributed by atoms with Gasteiger partial charge in [0.2, 0.25) is 5.91 Å². The molecule has 1 aromatic rings. The third kappa shape index (κ3) is 4.74. The lowest BCUT2D eigenvalue weighted by atomic mass is 10.0. The second-order valence-corrected chi connectivity index (χ2v) is 6.13. The van der Waals surface area contributed by atoms with Crippen LogP contribution >= 0.6 is 11.3 Å². The van der Waals surface area contributed by atoms with Gasteiger partial charge in [-0.25, -0.2) is 4.98 Å². The van der Waals surface area contributed by atoms with Crippen molar-refractivity contribution in [2.24, 2.45) is 11.7 Å². The van der Waals surface area contributed by atoms with E-state index in [2.05, 4.69) is 17.2 Å². The van der Waals surface area contributed by atoms with Crippen molar-refractivity contribution in [2.45, 2.75) is 45.6 Å². The van der Waals surface area contributed by atoms with Crippen LogP contribution in [0.4, 0.5) is 0 Å². The number of amides is 1. The van der Waals surface area contributed by atoms with Gasteiger partial charge in [0.15, 0.2) is 0 Å². The fraction of sp³-hybridized carbons (Fsp3) is 0.692. The molecule has 1 amide bonds. The molecule has 1 aromatic heterocycles. The lowest BCUT2D eigenvalue weighted by Gasteiger charge is -2.24. The lowest BCUT2D eigenvalue weighted by Crippen LogP contribution is -2.40. The molecule has 0 aliphatic carbocycles. The van der Waals surface area contributed by atoms with Gasteiger partial charge in [-0.2, -0.15) is 0 Å². The number of nitrogens with two attached hydrogens (primary N) is 1. The molecule has 4 nitrogen and oxygen atoms in total. The third-order valence-electron chi connectivity index (χ3n) is 2.94. The van der Waals surface area contributed by atoms with Crippen molar-refractivity contribution >= 4 is 17.2 Å². The molecular formula is C13H23N3OS. The van der Waals surface area contributed by atoms with Crippen molar-refractivity contribution in [3.63, 3.8) is 0 Å². The van der Waals surface area contributed by atoms with Gasteiger partial charge in [0.25, 0.3) is 0 Å². The highest BCUT2D eigenvalue weighted by Crippen LogP contribution is 2.22. The van der Waals surface area contributed by atoms with Crippen LogP contribution in [0.15, 0.2) is 11.6 Å². The van der Waals surface area contributed by atoms with E-state index >= 15 is 0 Å². The van der Waals surface area contributed by atoms with Crippen molar-refractivity contribution in [2.75, 3.05) is 6.54 Å². The maximum Gasteiger partial charge on any atom is 0.220 e. The molecule has 1 rings (SSSR count). The van der Waals surface area contributed by atoms with Gasteiger partial charge in [0.1, 0.15) is 5.01 Å². The number of hydrogen-bond acceptors (Lipinski definition) is 4. The van der Waals surface area contributed by atoms with E-state index < -0.39 is 0 Å². The molecule has 1 heterocycles. The minimum Gasteiger partial charge on any atom is -0.345 e. The molecule has 0 fully saturated rings. The first-order valence-electron chi connectivity index (χ1n) is 6.36. The summed E-state index contributed by atoms with van der Waals surface area (Å²) in [5.41, 5.74) is 5.11. The van der Waals surface area contributed by atoms with Crippen LogP contribution in [0.2, 0.25) is 0 Å². The van der Waals surface area contributed by atoms with E-state index in [1.165, 1.54) is 0 Å². The number of carbonyl (C=O) groups excluding carboxylic acids is 1. The molecule has 0 saturated carbocycles. The molecule has 0 aromatic carbocycles. The first kappa shape index (κ1) is 15.1. The molecule has 0 bridgehead atoms. The maximum absolute atomic E-state index is 11.9. The Morgan fingerprint density at radius 2 is 2.28 bits per heavy atom. The molecule has 0 radical (unpaired) electrons. The largest absolute Gasteiger partial charge is 0.345 e. The van der Waals surface area contributed by atoms with Gasteiger partial charge >= 0.3 is 0 Å². The number of hydrogen-bond donors (Lipinski definition) is 2. The summed E-state index contributed by atoms with van der Waals surface area (Å²) in [5.74, 6) is 0.586. The van der Waals surface area contributed by atoms with Crippen LogP contribution in [0.3, 0.4) is 0 Å². The summed E-state index contributed by atoms with van der Waals surface area (Å²) in [6.07, 6.45) is 4.17. The predicted molar refractivity (Wildman–Crippen MR) is 75.4 cm³/mol. The molecule has 3 N–H and O–H groups in total. The van der Waals surface area contributed by atoms with Crippen molar-refractivity contribution in [1.82, 2.24) is 10.3 Å². The van der Waals surface area contributed by atoms with Gasteiger partial charge in [-0.05, 0) is 39.2 Å². The minimum atomic E-state index is -0.387. The number of nitrogens with one attached hydrogen (secondary N) is 1. The van der Waals surface area contributed by atoms with Crippen LogP contribution in [0, 0.1) is 5.92 Å². The van der Waals surface area contributed by atoms with E-state index in [0.717, 1.165) is 17.8 Å². The van der Waals surface area contributed by atoms with E-state index in [1.54, 1.807) is 17.5 Å². The average Bonchev–Trinajstić information content (AvgIpc) is 2.80. The number of aromatic nitrogens is 1. The summed E-state index contributed by atoms with van der Waals surface area (Å²) < 4.78 is 0. The third-order valence-corrected chi connectivity index (χ3v) is 4.04. The standard InChI is InChI=1S/C13H23N3OS/c1-10(6-7-14)4-5-11(17)16-13(2,3)12-15-8-9-18-12/h8-10H,4-7,14H2,1-3H3,(H,16,17). The Bertz CT molecular complexity index is 362. The SMILES string of the molecule is CC(CCN)CCC(=O)NC(C)(C)c1nccs1. The van der Waals surface area contributed by atoms with Gasteiger partial charge in [-0.1, -0.05) is 6.92 Å². The highest BCUT2D eigenvalue weighted by molar-refractivity contribution is 7.09. The zero-order valence-corrected chi connectivity index (χ0v) is 12.2. The molecule has 102 valence electrons. The molecule has 0 aliphatic heterocycles. The van der Waals surface area contributed by atoms with Crippen molar-refractivity contribution in [3.05, 3.63) is 16.6 Å². The molecule has 0 spiro atoms. The van der Waals surface area contributed by atoms with E-state index in [9.17, 15) is 4.79 Å². The summed E-state index contributed by atoms with van der Waals surface area (Å²) >= 11 is 1.56. The first-order valence-corrected chi connectivity index (χ1v) is 7.24. The monoisotopic (exact) mass is 269 g/mol. The van der Waals surface area contributed by atoms with Gasteiger partial charge in [0, 0.05) is 18.0 Å². The number of nitrogens with zero attached hydrogens (tertiary/aromatic N) is 1. The van der Waals surface area contributed by atoms with Crippen LogP contribution in [0.5, 0.6) is 0 Å². The second kappa shape index (κ2) is 6.85. The summed E-state index contributed by atoms with van der Waals surface area (Å²) in [4.78, 5) is 16.1. The fourth-order valence-corrected chi connectivity index (χ4v) is 2.52. The fourth-order valence-electron chi connectivity index (χ4n) is 1.80. The van der Waals surface area contributed by atoms with Crippen LogP contribution in [-0.2, 0) is 10.3 Å². The first-order chi connectivity index (χ1) is 8.45. The molecular weight excluding hydrogens is 246 g/mol. The Hall–Kier alpha value is -0.940. The van der Waals surface area contributed by atoms with Crippen LogP contribution in [0.1, 0.15) is 45.0 Å². The smallest absolute Gasteiger partial charge is 0.220 e. The molecule has 5 heteroatoms. The average molecular weight is 269 g/mol. The van der Waals surface area contributed by atoms with Gasteiger partial charge in [0.05, 0.1) is 5.54 Å². The van der Waals surface area contributed by atoms with Gasteiger partial charge < -0.3 is 11.1 Å². The highest BCUT2D eigenvalue weighted by atomic mass is 32.1.